The summed E-state index contributed by atoms with van der Waals surface area (Å²) in [6, 6.07) is 3.49. The molecule has 2 saturated heterocycles. The standard InChI is InChI=1S/C23H24Cl2N4O4/c1-10-4-11(5-13-17(25)14(23(2,3)31)7-26-18(10)13)19-15(24)8-27-22(29-19)28-16-6-12-9-32-21(33-12)20(16)30/h4-5,7-8,12,16,20-21,30-31H,6,9H2,1-3H3,(H,27,28,29)/t12-,16+,20-,21+/m0/s1. The number of aliphatic hydroxyl groups excluding tert-OH is 1. The molecule has 3 N–H and O–H groups in total. The SMILES string of the molecule is Cc1cc(-c2nc(N[C@@H]3C[C@H]4CO[C@H](O4)[C@H]3O)ncc2Cl)cc2c(Cl)c(C(C)(C)O)cnc12. The number of hydrogen-bond donors (Lipinski definition) is 3. The quantitative estimate of drug-likeness (QED) is 0.506. The molecular formula is C23H24Cl2N4O4. The molecule has 0 spiro atoms. The molecule has 8 nitrogen and oxygen atoms in total. The molecular weight excluding hydrogens is 467 g/mol. The van der Waals surface area contributed by atoms with E-state index in [9.17, 15) is 10.2 Å². The third kappa shape index (κ3) is 4.16. The molecule has 4 atom stereocenters. The number of pyridine rings is 1. The van der Waals surface area contributed by atoms with E-state index in [4.69, 9.17) is 32.7 Å². The van der Waals surface area contributed by atoms with Crippen molar-refractivity contribution in [3.8, 4) is 11.3 Å². The van der Waals surface area contributed by atoms with Gasteiger partial charge < -0.3 is 25.0 Å². The van der Waals surface area contributed by atoms with E-state index in [1.54, 1.807) is 20.0 Å². The Hall–Kier alpha value is -2.07. The fraction of sp³-hybridized carbons (Fsp3) is 0.435. The lowest BCUT2D eigenvalue weighted by molar-refractivity contribution is -0.156. The predicted molar refractivity (Wildman–Crippen MR) is 125 cm³/mol. The Balaban J connectivity index is 1.53. The molecule has 5 rings (SSSR count). The third-order valence-corrected chi connectivity index (χ3v) is 6.75. The van der Waals surface area contributed by atoms with Crippen LogP contribution in [-0.2, 0) is 15.1 Å². The largest absolute Gasteiger partial charge is 0.386 e. The first-order valence-corrected chi connectivity index (χ1v) is 11.4. The fourth-order valence-corrected chi connectivity index (χ4v) is 4.97. The Morgan fingerprint density at radius 3 is 2.73 bits per heavy atom. The molecule has 1 aromatic carbocycles. The lowest BCUT2D eigenvalue weighted by Gasteiger charge is -2.32. The van der Waals surface area contributed by atoms with Gasteiger partial charge in [0, 0.05) is 22.7 Å². The second kappa shape index (κ2) is 8.30. The Morgan fingerprint density at radius 2 is 1.97 bits per heavy atom. The first-order valence-electron chi connectivity index (χ1n) is 10.7. The minimum atomic E-state index is -1.14. The Morgan fingerprint density at radius 1 is 1.18 bits per heavy atom. The van der Waals surface area contributed by atoms with Gasteiger partial charge in [-0.25, -0.2) is 9.97 Å². The molecule has 174 valence electrons. The molecule has 2 fully saturated rings. The van der Waals surface area contributed by atoms with Crippen molar-refractivity contribution in [2.24, 2.45) is 0 Å². The van der Waals surface area contributed by atoms with Crippen LogP contribution < -0.4 is 5.32 Å². The van der Waals surface area contributed by atoms with E-state index in [0.29, 0.717) is 45.7 Å². The highest BCUT2D eigenvalue weighted by Gasteiger charge is 2.43. The highest BCUT2D eigenvalue weighted by molar-refractivity contribution is 6.36. The summed E-state index contributed by atoms with van der Waals surface area (Å²) < 4.78 is 11.0. The molecule has 2 bridgehead atoms. The molecule has 0 amide bonds. The second-order valence-corrected chi connectivity index (χ2v) is 9.85. The number of aliphatic hydroxyl groups is 2. The zero-order valence-electron chi connectivity index (χ0n) is 18.3. The van der Waals surface area contributed by atoms with Crippen LogP contribution in [0.3, 0.4) is 0 Å². The average Bonchev–Trinajstić information content (AvgIpc) is 3.16. The van der Waals surface area contributed by atoms with Crippen molar-refractivity contribution in [3.05, 3.63) is 45.7 Å². The summed E-state index contributed by atoms with van der Waals surface area (Å²) in [4.78, 5) is 13.4. The topological polar surface area (TPSA) is 110 Å². The molecule has 2 aromatic heterocycles. The third-order valence-electron chi connectivity index (χ3n) is 6.07. The van der Waals surface area contributed by atoms with Gasteiger partial charge in [-0.1, -0.05) is 23.2 Å². The number of fused-ring (bicyclic) bond motifs is 3. The minimum absolute atomic E-state index is 0.0644. The zero-order chi connectivity index (χ0) is 23.5. The summed E-state index contributed by atoms with van der Waals surface area (Å²) in [5, 5.41) is 25.7. The molecule has 33 heavy (non-hydrogen) atoms. The maximum absolute atomic E-state index is 10.5. The molecule has 2 aliphatic heterocycles. The maximum Gasteiger partial charge on any atom is 0.223 e. The number of benzene rings is 1. The molecule has 0 unspecified atom stereocenters. The summed E-state index contributed by atoms with van der Waals surface area (Å²) in [5.74, 6) is 0.340. The molecule has 3 aromatic rings. The number of nitrogens with one attached hydrogen (secondary N) is 1. The summed E-state index contributed by atoms with van der Waals surface area (Å²) in [5.41, 5.74) is 2.28. The molecule has 0 aliphatic carbocycles. The number of aryl methyl sites for hydroxylation is 1. The molecule has 0 saturated carbocycles. The van der Waals surface area contributed by atoms with Crippen LogP contribution in [-0.4, -0.2) is 56.3 Å². The first-order chi connectivity index (χ1) is 15.6. The van der Waals surface area contributed by atoms with Crippen molar-refractivity contribution in [3.63, 3.8) is 0 Å². The van der Waals surface area contributed by atoms with Gasteiger partial charge in [-0.05, 0) is 44.9 Å². The zero-order valence-corrected chi connectivity index (χ0v) is 19.9. The van der Waals surface area contributed by atoms with Gasteiger partial charge in [0.25, 0.3) is 0 Å². The summed E-state index contributed by atoms with van der Waals surface area (Å²) in [6.07, 6.45) is 2.17. The average molecular weight is 491 g/mol. The second-order valence-electron chi connectivity index (χ2n) is 9.06. The summed E-state index contributed by atoms with van der Waals surface area (Å²) in [6.45, 7) is 5.73. The fourth-order valence-electron chi connectivity index (χ4n) is 4.35. The molecule has 4 heterocycles. The Bertz CT molecular complexity index is 1230. The molecule has 10 heteroatoms. The van der Waals surface area contributed by atoms with E-state index >= 15 is 0 Å². The number of aromatic nitrogens is 3. The van der Waals surface area contributed by atoms with Crippen LogP contribution in [0.1, 0.15) is 31.4 Å². The van der Waals surface area contributed by atoms with Crippen molar-refractivity contribution >= 4 is 40.1 Å². The van der Waals surface area contributed by atoms with Crippen LogP contribution in [0, 0.1) is 6.92 Å². The number of ether oxygens (including phenoxy) is 2. The van der Waals surface area contributed by atoms with Crippen molar-refractivity contribution in [1.82, 2.24) is 15.0 Å². The van der Waals surface area contributed by atoms with Gasteiger partial charge in [-0.3, -0.25) is 4.98 Å². The summed E-state index contributed by atoms with van der Waals surface area (Å²) in [7, 11) is 0. The van der Waals surface area contributed by atoms with Gasteiger partial charge >= 0.3 is 0 Å². The van der Waals surface area contributed by atoms with Gasteiger partial charge in [0.2, 0.25) is 5.95 Å². The minimum Gasteiger partial charge on any atom is -0.386 e. The summed E-state index contributed by atoms with van der Waals surface area (Å²) >= 11 is 13.2. The van der Waals surface area contributed by atoms with Crippen molar-refractivity contribution < 1.29 is 19.7 Å². The van der Waals surface area contributed by atoms with Crippen LogP contribution in [0.5, 0.6) is 0 Å². The van der Waals surface area contributed by atoms with Crippen molar-refractivity contribution in [1.29, 1.82) is 0 Å². The van der Waals surface area contributed by atoms with Crippen molar-refractivity contribution in [2.45, 2.75) is 57.3 Å². The monoisotopic (exact) mass is 490 g/mol. The van der Waals surface area contributed by atoms with E-state index in [1.165, 1.54) is 6.20 Å². The van der Waals surface area contributed by atoms with E-state index in [2.05, 4.69) is 20.3 Å². The van der Waals surface area contributed by atoms with Crippen LogP contribution in [0.2, 0.25) is 10.0 Å². The van der Waals surface area contributed by atoms with Gasteiger partial charge in [0.05, 0.1) is 51.8 Å². The Kier molecular flexibility index (Phi) is 5.71. The van der Waals surface area contributed by atoms with Crippen molar-refractivity contribution in [2.75, 3.05) is 11.9 Å². The molecule has 0 radical (unpaired) electrons. The smallest absolute Gasteiger partial charge is 0.223 e. The number of nitrogens with zero attached hydrogens (tertiary/aromatic N) is 3. The van der Waals surface area contributed by atoms with Crippen LogP contribution in [0.15, 0.2) is 24.5 Å². The number of rotatable bonds is 4. The number of anilines is 1. The van der Waals surface area contributed by atoms with Gasteiger partial charge in [-0.2, -0.15) is 0 Å². The lowest BCUT2D eigenvalue weighted by Crippen LogP contribution is -2.48. The van der Waals surface area contributed by atoms with E-state index in [-0.39, 0.29) is 12.1 Å². The first kappa shape index (κ1) is 22.7. The van der Waals surface area contributed by atoms with Gasteiger partial charge in [-0.15, -0.1) is 0 Å². The highest BCUT2D eigenvalue weighted by Crippen LogP contribution is 2.37. The van der Waals surface area contributed by atoms with Crippen LogP contribution >= 0.6 is 23.2 Å². The normalized spacial score (nSPS) is 24.9. The van der Waals surface area contributed by atoms with E-state index in [0.717, 1.165) is 16.6 Å². The maximum atomic E-state index is 10.5. The predicted octanol–water partition coefficient (Wildman–Crippen LogP) is 3.82. The molecule has 2 aliphatic rings. The van der Waals surface area contributed by atoms with E-state index < -0.39 is 18.0 Å². The highest BCUT2D eigenvalue weighted by atomic mass is 35.5. The van der Waals surface area contributed by atoms with Gasteiger partial charge in [0.15, 0.2) is 6.29 Å². The van der Waals surface area contributed by atoms with Crippen LogP contribution in [0.4, 0.5) is 5.95 Å². The van der Waals surface area contributed by atoms with Gasteiger partial charge in [0.1, 0.15) is 6.10 Å². The lowest BCUT2D eigenvalue weighted by atomic mass is 9.96. The van der Waals surface area contributed by atoms with E-state index in [1.807, 2.05) is 19.1 Å². The number of halogens is 2. The van der Waals surface area contributed by atoms with Crippen LogP contribution in [0.25, 0.3) is 22.2 Å². The Labute approximate surface area is 200 Å². The number of hydrogen-bond acceptors (Lipinski definition) is 8.